The first-order valence-electron chi connectivity index (χ1n) is 9.28. The Balaban J connectivity index is 1.45. The second-order valence-corrected chi connectivity index (χ2v) is 8.04. The average molecular weight is 495 g/mol. The fourth-order valence-electron chi connectivity index (χ4n) is 3.28. The minimum atomic E-state index is 0.0366. The molecule has 0 saturated carbocycles. The Morgan fingerprint density at radius 3 is 2.25 bits per heavy atom. The number of hydrogen-bond acceptors (Lipinski definition) is 5. The summed E-state index contributed by atoms with van der Waals surface area (Å²) in [5.74, 6) is 1.54. The monoisotopic (exact) mass is 495 g/mol. The molecule has 28 heavy (non-hydrogen) atoms. The summed E-state index contributed by atoms with van der Waals surface area (Å²) < 4.78 is 11.8. The highest BCUT2D eigenvalue weighted by molar-refractivity contribution is 14.1. The van der Waals surface area contributed by atoms with Crippen molar-refractivity contribution in [1.29, 1.82) is 0 Å². The molecule has 1 amide bonds. The molecule has 0 atom stereocenters. The molecule has 1 N–H and O–H groups in total. The largest absolute Gasteiger partial charge is 0.493 e. The highest BCUT2D eigenvalue weighted by atomic mass is 127. The van der Waals surface area contributed by atoms with E-state index in [0.29, 0.717) is 6.54 Å². The molecule has 6 nitrogen and oxygen atoms in total. The van der Waals surface area contributed by atoms with Gasteiger partial charge in [-0.1, -0.05) is 6.07 Å². The van der Waals surface area contributed by atoms with Gasteiger partial charge in [0, 0.05) is 42.0 Å². The third-order valence-electron chi connectivity index (χ3n) is 4.81. The maximum atomic E-state index is 12.3. The van der Waals surface area contributed by atoms with Gasteiger partial charge in [-0.25, -0.2) is 0 Å². The lowest BCUT2D eigenvalue weighted by Gasteiger charge is -2.34. The van der Waals surface area contributed by atoms with Gasteiger partial charge in [-0.3, -0.25) is 14.6 Å². The summed E-state index contributed by atoms with van der Waals surface area (Å²) >= 11 is 2.25. The molecule has 0 aliphatic carbocycles. The fraction of sp³-hybridized carbons (Fsp3) is 0.381. The van der Waals surface area contributed by atoms with Crippen LogP contribution in [0.25, 0.3) is 0 Å². The van der Waals surface area contributed by atoms with Gasteiger partial charge in [0.1, 0.15) is 0 Å². The number of amides is 1. The summed E-state index contributed by atoms with van der Waals surface area (Å²) in [5, 5.41) is 2.97. The zero-order chi connectivity index (χ0) is 19.9. The minimum absolute atomic E-state index is 0.0366. The van der Waals surface area contributed by atoms with Crippen LogP contribution in [0, 0.1) is 3.57 Å². The minimum Gasteiger partial charge on any atom is -0.493 e. The first kappa shape index (κ1) is 20.9. The van der Waals surface area contributed by atoms with Crippen molar-refractivity contribution in [2.24, 2.45) is 0 Å². The van der Waals surface area contributed by atoms with Crippen molar-refractivity contribution in [3.05, 3.63) is 51.6 Å². The van der Waals surface area contributed by atoms with Crippen molar-refractivity contribution in [2.45, 2.75) is 6.54 Å². The van der Waals surface area contributed by atoms with E-state index >= 15 is 0 Å². The van der Waals surface area contributed by atoms with Gasteiger partial charge in [-0.05, 0) is 64.6 Å². The third-order valence-corrected chi connectivity index (χ3v) is 5.53. The Kier molecular flexibility index (Phi) is 7.52. The van der Waals surface area contributed by atoms with E-state index in [1.54, 1.807) is 14.2 Å². The van der Waals surface area contributed by atoms with Crippen LogP contribution in [-0.2, 0) is 11.3 Å². The summed E-state index contributed by atoms with van der Waals surface area (Å²) in [5.41, 5.74) is 2.04. The van der Waals surface area contributed by atoms with E-state index < -0.39 is 0 Å². The molecular weight excluding hydrogens is 469 g/mol. The number of anilines is 1. The van der Waals surface area contributed by atoms with E-state index in [1.165, 1.54) is 5.56 Å². The summed E-state index contributed by atoms with van der Waals surface area (Å²) in [7, 11) is 3.30. The smallest absolute Gasteiger partial charge is 0.238 e. The van der Waals surface area contributed by atoms with Crippen molar-refractivity contribution < 1.29 is 14.3 Å². The molecule has 1 aliphatic heterocycles. The predicted octanol–water partition coefficient (Wildman–Crippen LogP) is 3.06. The third kappa shape index (κ3) is 5.83. The van der Waals surface area contributed by atoms with Gasteiger partial charge in [0.25, 0.3) is 0 Å². The van der Waals surface area contributed by atoms with Crippen LogP contribution in [0.1, 0.15) is 5.56 Å². The van der Waals surface area contributed by atoms with Crippen molar-refractivity contribution in [3.63, 3.8) is 0 Å². The zero-order valence-electron chi connectivity index (χ0n) is 16.3. The number of carbonyl (C=O) groups excluding carboxylic acids is 1. The Morgan fingerprint density at radius 2 is 1.61 bits per heavy atom. The Labute approximate surface area is 179 Å². The number of piperazine rings is 1. The van der Waals surface area contributed by atoms with Gasteiger partial charge in [-0.2, -0.15) is 0 Å². The number of carbonyl (C=O) groups is 1. The van der Waals surface area contributed by atoms with Crippen molar-refractivity contribution in [2.75, 3.05) is 52.3 Å². The van der Waals surface area contributed by atoms with Gasteiger partial charge in [0.05, 0.1) is 20.8 Å². The molecule has 150 valence electrons. The van der Waals surface area contributed by atoms with Crippen LogP contribution >= 0.6 is 22.6 Å². The molecule has 7 heteroatoms. The molecule has 1 aliphatic rings. The Hall–Kier alpha value is -1.84. The van der Waals surface area contributed by atoms with Crippen LogP contribution in [-0.4, -0.2) is 62.7 Å². The summed E-state index contributed by atoms with van der Waals surface area (Å²) in [6.07, 6.45) is 0. The number of rotatable bonds is 7. The molecule has 1 fully saturated rings. The number of benzene rings is 2. The number of ether oxygens (including phenoxy) is 2. The lowest BCUT2D eigenvalue weighted by Crippen LogP contribution is -2.48. The van der Waals surface area contributed by atoms with Crippen LogP contribution < -0.4 is 14.8 Å². The lowest BCUT2D eigenvalue weighted by molar-refractivity contribution is -0.117. The van der Waals surface area contributed by atoms with Gasteiger partial charge in [-0.15, -0.1) is 0 Å². The summed E-state index contributed by atoms with van der Waals surface area (Å²) in [6.45, 7) is 4.93. The molecule has 3 rings (SSSR count). The van der Waals surface area contributed by atoms with Crippen molar-refractivity contribution in [3.8, 4) is 11.5 Å². The summed E-state index contributed by atoms with van der Waals surface area (Å²) in [4.78, 5) is 16.9. The number of halogens is 1. The van der Waals surface area contributed by atoms with Crippen molar-refractivity contribution in [1.82, 2.24) is 9.80 Å². The lowest BCUT2D eigenvalue weighted by atomic mass is 10.1. The number of nitrogens with zero attached hydrogens (tertiary/aromatic N) is 2. The van der Waals surface area contributed by atoms with Crippen molar-refractivity contribution >= 4 is 34.2 Å². The molecule has 2 aromatic rings. The van der Waals surface area contributed by atoms with E-state index in [9.17, 15) is 4.79 Å². The Morgan fingerprint density at radius 1 is 0.964 bits per heavy atom. The number of hydrogen-bond donors (Lipinski definition) is 1. The predicted molar refractivity (Wildman–Crippen MR) is 119 cm³/mol. The molecule has 0 aromatic heterocycles. The second kappa shape index (κ2) is 10.1. The van der Waals surface area contributed by atoms with Gasteiger partial charge in [0.2, 0.25) is 5.91 Å². The fourth-order valence-corrected chi connectivity index (χ4v) is 3.64. The van der Waals surface area contributed by atoms with Crippen LogP contribution in [0.4, 0.5) is 5.69 Å². The maximum absolute atomic E-state index is 12.3. The second-order valence-electron chi connectivity index (χ2n) is 6.80. The average Bonchev–Trinajstić information content (AvgIpc) is 2.71. The normalized spacial score (nSPS) is 15.2. The molecule has 0 unspecified atom stereocenters. The summed E-state index contributed by atoms with van der Waals surface area (Å²) in [6, 6.07) is 13.9. The van der Waals surface area contributed by atoms with E-state index in [0.717, 1.165) is 53.5 Å². The highest BCUT2D eigenvalue weighted by Gasteiger charge is 2.19. The molecule has 0 bridgehead atoms. The topological polar surface area (TPSA) is 54.0 Å². The van der Waals surface area contributed by atoms with Crippen LogP contribution in [0.2, 0.25) is 0 Å². The molecular formula is C21H26IN3O3. The van der Waals surface area contributed by atoms with E-state index in [2.05, 4.69) is 43.8 Å². The van der Waals surface area contributed by atoms with Gasteiger partial charge < -0.3 is 14.8 Å². The van der Waals surface area contributed by atoms with Crippen LogP contribution in [0.5, 0.6) is 11.5 Å². The number of nitrogens with one attached hydrogen (secondary N) is 1. The molecule has 1 heterocycles. The first-order chi connectivity index (χ1) is 13.6. The standard InChI is InChI=1S/C21H26IN3O3/c1-27-19-8-3-16(13-20(19)28-2)14-24-9-11-25(12-10-24)15-21(26)23-18-6-4-17(22)5-7-18/h3-8,13H,9-12,14-15H2,1-2H3,(H,23,26). The quantitative estimate of drug-likeness (QED) is 0.599. The molecule has 1 saturated heterocycles. The molecule has 0 spiro atoms. The first-order valence-corrected chi connectivity index (χ1v) is 10.4. The van der Waals surface area contributed by atoms with Gasteiger partial charge >= 0.3 is 0 Å². The van der Waals surface area contributed by atoms with E-state index in [-0.39, 0.29) is 5.91 Å². The maximum Gasteiger partial charge on any atom is 0.238 e. The molecule has 2 aromatic carbocycles. The van der Waals surface area contributed by atoms with Crippen LogP contribution in [0.3, 0.4) is 0 Å². The van der Waals surface area contributed by atoms with E-state index in [4.69, 9.17) is 9.47 Å². The zero-order valence-corrected chi connectivity index (χ0v) is 18.4. The molecule has 0 radical (unpaired) electrons. The highest BCUT2D eigenvalue weighted by Crippen LogP contribution is 2.28. The van der Waals surface area contributed by atoms with E-state index in [1.807, 2.05) is 36.4 Å². The Bertz CT molecular complexity index is 790. The number of methoxy groups -OCH3 is 2. The SMILES string of the molecule is COc1ccc(CN2CCN(CC(=O)Nc3ccc(I)cc3)CC2)cc1OC. The van der Waals surface area contributed by atoms with Crippen LogP contribution in [0.15, 0.2) is 42.5 Å². The van der Waals surface area contributed by atoms with Gasteiger partial charge in [0.15, 0.2) is 11.5 Å².